The van der Waals surface area contributed by atoms with Gasteiger partial charge in [-0.2, -0.15) is 0 Å². The van der Waals surface area contributed by atoms with Crippen LogP contribution in [0.3, 0.4) is 0 Å². The van der Waals surface area contributed by atoms with Crippen molar-refractivity contribution in [3.05, 3.63) is 0 Å². The molecule has 0 aromatic carbocycles. The van der Waals surface area contributed by atoms with E-state index in [1.54, 1.807) is 0 Å². The summed E-state index contributed by atoms with van der Waals surface area (Å²) < 4.78 is 5.45. The molecule has 0 aliphatic carbocycles. The normalized spacial score (nSPS) is 41.4. The van der Waals surface area contributed by atoms with Crippen molar-refractivity contribution in [3.8, 4) is 0 Å². The van der Waals surface area contributed by atoms with E-state index in [4.69, 9.17) is 4.74 Å². The van der Waals surface area contributed by atoms with Crippen molar-refractivity contribution in [2.45, 2.75) is 50.2 Å². The minimum Gasteiger partial charge on any atom is -0.370 e. The third-order valence-electron chi connectivity index (χ3n) is 3.46. The average Bonchev–Trinajstić information content (AvgIpc) is 2.60. The molecule has 2 atom stereocenters. The van der Waals surface area contributed by atoms with E-state index in [1.807, 2.05) is 0 Å². The topological polar surface area (TPSA) is 12.5 Å². The number of epoxide rings is 1. The molecule has 2 aliphatic heterocycles. The highest BCUT2D eigenvalue weighted by Gasteiger charge is 2.54. The maximum Gasteiger partial charge on any atom is 0.0815 e. The van der Waals surface area contributed by atoms with Crippen molar-refractivity contribution in [2.75, 3.05) is 0 Å². The fourth-order valence-corrected chi connectivity index (χ4v) is 6.55. The number of hydrogen-bond donors (Lipinski definition) is 0. The first kappa shape index (κ1) is 6.86. The Bertz CT molecular complexity index is 130. The zero-order chi connectivity index (χ0) is 7.19. The van der Waals surface area contributed by atoms with Crippen molar-refractivity contribution in [1.29, 1.82) is 0 Å². The van der Waals surface area contributed by atoms with Crippen molar-refractivity contribution in [3.63, 3.8) is 0 Å². The molecule has 10 heavy (non-hydrogen) atoms. The zero-order valence-electron chi connectivity index (χ0n) is 6.89. The Morgan fingerprint density at radius 3 is 2.00 bits per heavy atom. The first-order valence-corrected chi connectivity index (χ1v) is 7.28. The van der Waals surface area contributed by atoms with E-state index in [2.05, 4.69) is 13.8 Å². The Morgan fingerprint density at radius 1 is 1.20 bits per heavy atom. The Hall–Kier alpha value is 0.177. The molecule has 2 heteroatoms. The Morgan fingerprint density at radius 2 is 1.70 bits per heavy atom. The lowest BCUT2D eigenvalue weighted by molar-refractivity contribution is 0.375. The van der Waals surface area contributed by atoms with Crippen LogP contribution in [0.5, 0.6) is 0 Å². The van der Waals surface area contributed by atoms with Gasteiger partial charge in [-0.25, -0.2) is 0 Å². The maximum atomic E-state index is 5.45. The molecule has 0 aromatic heterocycles. The van der Waals surface area contributed by atoms with Crippen LogP contribution in [0.1, 0.15) is 13.8 Å². The van der Waals surface area contributed by atoms with Crippen LogP contribution in [0.4, 0.5) is 0 Å². The smallest absolute Gasteiger partial charge is 0.0815 e. The van der Waals surface area contributed by atoms with Gasteiger partial charge in [0, 0.05) is 0 Å². The molecule has 0 amide bonds. The van der Waals surface area contributed by atoms with Gasteiger partial charge in [0.25, 0.3) is 0 Å². The van der Waals surface area contributed by atoms with E-state index in [9.17, 15) is 0 Å². The van der Waals surface area contributed by atoms with Gasteiger partial charge in [-0.3, -0.25) is 0 Å². The van der Waals surface area contributed by atoms with Gasteiger partial charge in [-0.1, -0.05) is 25.9 Å². The summed E-state index contributed by atoms with van der Waals surface area (Å²) in [5.74, 6) is 0. The van der Waals surface area contributed by atoms with Crippen LogP contribution in [0.15, 0.2) is 0 Å². The monoisotopic (exact) mass is 156 g/mol. The highest BCUT2D eigenvalue weighted by atomic mass is 28.3. The molecule has 2 unspecified atom stereocenters. The minimum absolute atomic E-state index is 0.719. The van der Waals surface area contributed by atoms with Crippen molar-refractivity contribution in [2.24, 2.45) is 0 Å². The minimum atomic E-state index is -0.719. The Labute approximate surface area is 63.8 Å². The zero-order valence-corrected chi connectivity index (χ0v) is 7.89. The van der Waals surface area contributed by atoms with Gasteiger partial charge in [-0.05, 0) is 12.1 Å². The van der Waals surface area contributed by atoms with E-state index >= 15 is 0 Å². The summed E-state index contributed by atoms with van der Waals surface area (Å²) in [7, 11) is -0.719. The number of ether oxygens (including phenoxy) is 1. The SMILES string of the molecule is CC[Si]1(CC)CC2OC2C1. The second-order valence-electron chi connectivity index (χ2n) is 3.83. The second-order valence-corrected chi connectivity index (χ2v) is 9.06. The molecule has 0 N–H and O–H groups in total. The van der Waals surface area contributed by atoms with Gasteiger partial charge in [0.15, 0.2) is 0 Å². The van der Waals surface area contributed by atoms with Crippen molar-refractivity contribution in [1.82, 2.24) is 0 Å². The van der Waals surface area contributed by atoms with Crippen LogP contribution in [0, 0.1) is 0 Å². The summed E-state index contributed by atoms with van der Waals surface area (Å²) in [6.07, 6.45) is 1.46. The van der Waals surface area contributed by atoms with E-state index in [-0.39, 0.29) is 0 Å². The molecule has 2 saturated heterocycles. The van der Waals surface area contributed by atoms with Crippen molar-refractivity contribution < 1.29 is 4.74 Å². The summed E-state index contributed by atoms with van der Waals surface area (Å²) in [5.41, 5.74) is 0. The molecule has 0 radical (unpaired) electrons. The van der Waals surface area contributed by atoms with E-state index in [0.29, 0.717) is 0 Å². The first-order valence-electron chi connectivity index (χ1n) is 4.45. The van der Waals surface area contributed by atoms with Gasteiger partial charge in [0.05, 0.1) is 20.3 Å². The summed E-state index contributed by atoms with van der Waals surface area (Å²) in [6, 6.07) is 5.93. The molecule has 58 valence electrons. The number of fused-ring (bicyclic) bond motifs is 1. The third-order valence-corrected chi connectivity index (χ3v) is 8.99. The predicted molar refractivity (Wildman–Crippen MR) is 45.0 cm³/mol. The summed E-state index contributed by atoms with van der Waals surface area (Å²) >= 11 is 0. The molecule has 0 aromatic rings. The average molecular weight is 156 g/mol. The van der Waals surface area contributed by atoms with Crippen LogP contribution in [0.2, 0.25) is 24.2 Å². The third kappa shape index (κ3) is 0.856. The van der Waals surface area contributed by atoms with Gasteiger partial charge in [0.2, 0.25) is 0 Å². The Balaban J connectivity index is 2.02. The molecule has 2 heterocycles. The molecule has 0 saturated carbocycles. The van der Waals surface area contributed by atoms with Crippen LogP contribution < -0.4 is 0 Å². The highest BCUT2D eigenvalue weighted by Crippen LogP contribution is 2.48. The molecular formula is C8H16OSi. The van der Waals surface area contributed by atoms with Crippen LogP contribution in [-0.2, 0) is 4.74 Å². The highest BCUT2D eigenvalue weighted by molar-refractivity contribution is 6.81. The molecule has 2 rings (SSSR count). The number of rotatable bonds is 2. The predicted octanol–water partition coefficient (Wildman–Crippen LogP) is 2.26. The van der Waals surface area contributed by atoms with Crippen LogP contribution >= 0.6 is 0 Å². The van der Waals surface area contributed by atoms with Gasteiger partial charge in [-0.15, -0.1) is 0 Å². The van der Waals surface area contributed by atoms with E-state index in [1.165, 1.54) is 24.2 Å². The quantitative estimate of drug-likeness (QED) is 0.441. The Kier molecular flexibility index (Phi) is 1.43. The lowest BCUT2D eigenvalue weighted by atomic mass is 10.4. The standard InChI is InChI=1S/C8H16OSi/c1-3-10(4-2)5-7-8(6-10)9-7/h7-8H,3-6H2,1-2H3. The van der Waals surface area contributed by atoms with E-state index in [0.717, 1.165) is 12.2 Å². The summed E-state index contributed by atoms with van der Waals surface area (Å²) in [6.45, 7) is 4.75. The lowest BCUT2D eigenvalue weighted by Crippen LogP contribution is -2.30. The molecule has 0 bridgehead atoms. The first-order chi connectivity index (χ1) is 4.79. The molecule has 0 spiro atoms. The molecule has 1 nitrogen and oxygen atoms in total. The fourth-order valence-electron chi connectivity index (χ4n) is 2.30. The molecular weight excluding hydrogens is 140 g/mol. The van der Waals surface area contributed by atoms with Crippen LogP contribution in [0.25, 0.3) is 0 Å². The molecule has 2 fully saturated rings. The van der Waals surface area contributed by atoms with Crippen LogP contribution in [-0.4, -0.2) is 20.3 Å². The number of hydrogen-bond acceptors (Lipinski definition) is 1. The van der Waals surface area contributed by atoms with Gasteiger partial charge in [0.1, 0.15) is 0 Å². The lowest BCUT2D eigenvalue weighted by Gasteiger charge is -2.24. The fraction of sp³-hybridized carbons (Fsp3) is 1.00. The molecule has 2 aliphatic rings. The van der Waals surface area contributed by atoms with Crippen molar-refractivity contribution >= 4 is 8.07 Å². The van der Waals surface area contributed by atoms with E-state index < -0.39 is 8.07 Å². The van der Waals surface area contributed by atoms with Gasteiger partial charge < -0.3 is 4.74 Å². The van der Waals surface area contributed by atoms with Gasteiger partial charge >= 0.3 is 0 Å². The maximum absolute atomic E-state index is 5.45. The summed E-state index contributed by atoms with van der Waals surface area (Å²) in [4.78, 5) is 0. The summed E-state index contributed by atoms with van der Waals surface area (Å²) in [5, 5.41) is 0. The largest absolute Gasteiger partial charge is 0.370 e. The second kappa shape index (κ2) is 2.08.